The molecule has 2 heterocycles. The zero-order valence-electron chi connectivity index (χ0n) is 11.4. The Labute approximate surface area is 109 Å². The first-order chi connectivity index (χ1) is 8.66. The first-order valence-electron chi connectivity index (χ1n) is 6.87. The van der Waals surface area contributed by atoms with Gasteiger partial charge in [-0.25, -0.2) is 4.79 Å². The standard InChI is InChI=1S/C13H24N2O3/c1-14-7-3-5-11(14)9-17-13(16)18-10-12-6-4-8-15(12)2/h11-12H,3-10H2,1-2H3. The first-order valence-corrected chi connectivity index (χ1v) is 6.87. The number of hydrogen-bond donors (Lipinski definition) is 0. The summed E-state index contributed by atoms with van der Waals surface area (Å²) in [5.74, 6) is 0. The molecule has 0 aliphatic carbocycles. The summed E-state index contributed by atoms with van der Waals surface area (Å²) in [5.41, 5.74) is 0. The van der Waals surface area contributed by atoms with Crippen molar-refractivity contribution in [2.45, 2.75) is 37.8 Å². The average Bonchev–Trinajstić information content (AvgIpc) is 2.93. The quantitative estimate of drug-likeness (QED) is 0.710. The Kier molecular flexibility index (Phi) is 4.83. The van der Waals surface area contributed by atoms with Crippen LogP contribution in [0.2, 0.25) is 0 Å². The molecular weight excluding hydrogens is 232 g/mol. The van der Waals surface area contributed by atoms with E-state index in [2.05, 4.69) is 23.9 Å². The van der Waals surface area contributed by atoms with Crippen LogP contribution in [0.3, 0.4) is 0 Å². The van der Waals surface area contributed by atoms with Crippen LogP contribution in [0.4, 0.5) is 4.79 Å². The lowest BCUT2D eigenvalue weighted by atomic mass is 10.2. The van der Waals surface area contributed by atoms with E-state index in [-0.39, 0.29) is 0 Å². The lowest BCUT2D eigenvalue weighted by Crippen LogP contribution is -2.33. The second kappa shape index (κ2) is 6.38. The normalized spacial score (nSPS) is 29.7. The third-order valence-corrected chi connectivity index (χ3v) is 4.13. The van der Waals surface area contributed by atoms with Gasteiger partial charge in [0, 0.05) is 12.1 Å². The zero-order valence-corrected chi connectivity index (χ0v) is 11.4. The molecule has 0 N–H and O–H groups in total. The monoisotopic (exact) mass is 256 g/mol. The topological polar surface area (TPSA) is 42.0 Å². The maximum atomic E-state index is 11.5. The van der Waals surface area contributed by atoms with E-state index >= 15 is 0 Å². The Hall–Kier alpha value is -0.810. The van der Waals surface area contributed by atoms with E-state index in [0.29, 0.717) is 25.3 Å². The van der Waals surface area contributed by atoms with Gasteiger partial charge in [0.2, 0.25) is 0 Å². The number of hydrogen-bond acceptors (Lipinski definition) is 5. The van der Waals surface area contributed by atoms with Crippen molar-refractivity contribution in [2.24, 2.45) is 0 Å². The fraction of sp³-hybridized carbons (Fsp3) is 0.923. The van der Waals surface area contributed by atoms with Crippen LogP contribution < -0.4 is 0 Å². The van der Waals surface area contributed by atoms with E-state index in [1.165, 1.54) is 12.8 Å². The van der Waals surface area contributed by atoms with E-state index in [9.17, 15) is 4.79 Å². The summed E-state index contributed by atoms with van der Waals surface area (Å²) < 4.78 is 10.3. The second-order valence-electron chi connectivity index (χ2n) is 5.43. The maximum Gasteiger partial charge on any atom is 0.508 e. The highest BCUT2D eigenvalue weighted by Crippen LogP contribution is 2.16. The second-order valence-corrected chi connectivity index (χ2v) is 5.43. The lowest BCUT2D eigenvalue weighted by molar-refractivity contribution is 0.0288. The fourth-order valence-corrected chi connectivity index (χ4v) is 2.75. The van der Waals surface area contributed by atoms with E-state index in [1.807, 2.05) is 0 Å². The number of rotatable bonds is 4. The minimum atomic E-state index is -0.518. The number of likely N-dealkylation sites (tertiary alicyclic amines) is 2. The van der Waals surface area contributed by atoms with Crippen molar-refractivity contribution in [3.8, 4) is 0 Å². The van der Waals surface area contributed by atoms with Crippen LogP contribution in [0.15, 0.2) is 0 Å². The molecule has 2 aliphatic heterocycles. The Morgan fingerprint density at radius 3 is 1.78 bits per heavy atom. The van der Waals surface area contributed by atoms with Crippen molar-refractivity contribution in [2.75, 3.05) is 40.4 Å². The van der Waals surface area contributed by atoms with Crippen LogP contribution in [-0.4, -0.2) is 68.4 Å². The summed E-state index contributed by atoms with van der Waals surface area (Å²) in [6.45, 7) is 3.09. The molecule has 2 rings (SSSR count). The number of likely N-dealkylation sites (N-methyl/N-ethyl adjacent to an activating group) is 2. The molecule has 2 atom stereocenters. The molecule has 0 bridgehead atoms. The lowest BCUT2D eigenvalue weighted by Gasteiger charge is -2.20. The molecule has 0 aromatic heterocycles. The molecule has 0 spiro atoms. The molecule has 2 fully saturated rings. The Balaban J connectivity index is 1.60. The Morgan fingerprint density at radius 1 is 1.00 bits per heavy atom. The summed E-state index contributed by atoms with van der Waals surface area (Å²) in [5, 5.41) is 0. The predicted octanol–water partition coefficient (Wildman–Crippen LogP) is 1.33. The van der Waals surface area contributed by atoms with Crippen molar-refractivity contribution in [1.82, 2.24) is 9.80 Å². The number of carbonyl (C=O) groups is 1. The molecule has 2 saturated heterocycles. The van der Waals surface area contributed by atoms with Gasteiger partial charge in [-0.3, -0.25) is 0 Å². The van der Waals surface area contributed by atoms with Gasteiger partial charge in [-0.2, -0.15) is 0 Å². The highest BCUT2D eigenvalue weighted by Gasteiger charge is 2.24. The molecule has 18 heavy (non-hydrogen) atoms. The maximum absolute atomic E-state index is 11.5. The number of ether oxygens (including phenoxy) is 2. The van der Waals surface area contributed by atoms with E-state index in [4.69, 9.17) is 9.47 Å². The predicted molar refractivity (Wildman–Crippen MR) is 68.6 cm³/mol. The summed E-state index contributed by atoms with van der Waals surface area (Å²) >= 11 is 0. The van der Waals surface area contributed by atoms with Crippen LogP contribution in [0.25, 0.3) is 0 Å². The zero-order chi connectivity index (χ0) is 13.0. The minimum Gasteiger partial charge on any atom is -0.433 e. The Bertz CT molecular complexity index is 259. The molecule has 2 aliphatic rings. The van der Waals surface area contributed by atoms with Crippen LogP contribution >= 0.6 is 0 Å². The van der Waals surface area contributed by atoms with Gasteiger partial charge in [0.25, 0.3) is 0 Å². The molecule has 0 amide bonds. The van der Waals surface area contributed by atoms with Gasteiger partial charge in [0.1, 0.15) is 13.2 Å². The van der Waals surface area contributed by atoms with Gasteiger partial charge >= 0.3 is 6.16 Å². The molecule has 0 aromatic carbocycles. The summed E-state index contributed by atoms with van der Waals surface area (Å²) in [6.07, 6.45) is 4.07. The van der Waals surface area contributed by atoms with Gasteiger partial charge in [-0.1, -0.05) is 0 Å². The third kappa shape index (κ3) is 3.59. The minimum absolute atomic E-state index is 0.367. The van der Waals surface area contributed by atoms with Crippen molar-refractivity contribution < 1.29 is 14.3 Å². The fourth-order valence-electron chi connectivity index (χ4n) is 2.75. The Morgan fingerprint density at radius 2 is 1.44 bits per heavy atom. The largest absolute Gasteiger partial charge is 0.508 e. The highest BCUT2D eigenvalue weighted by atomic mass is 16.7. The van der Waals surface area contributed by atoms with E-state index in [0.717, 1.165) is 25.9 Å². The van der Waals surface area contributed by atoms with Gasteiger partial charge in [0.15, 0.2) is 0 Å². The van der Waals surface area contributed by atoms with Gasteiger partial charge in [-0.05, 0) is 52.9 Å². The molecule has 2 unspecified atom stereocenters. The van der Waals surface area contributed by atoms with Crippen molar-refractivity contribution in [1.29, 1.82) is 0 Å². The summed E-state index contributed by atoms with van der Waals surface area (Å²) in [6, 6.07) is 0.735. The molecule has 5 nitrogen and oxygen atoms in total. The molecule has 0 radical (unpaired) electrons. The molecule has 104 valence electrons. The molecule has 0 saturated carbocycles. The van der Waals surface area contributed by atoms with Crippen LogP contribution in [0, 0.1) is 0 Å². The smallest absolute Gasteiger partial charge is 0.433 e. The molecular formula is C13H24N2O3. The van der Waals surface area contributed by atoms with Crippen molar-refractivity contribution >= 4 is 6.16 Å². The molecule has 0 aromatic rings. The van der Waals surface area contributed by atoms with E-state index in [1.54, 1.807) is 0 Å². The van der Waals surface area contributed by atoms with Crippen LogP contribution in [-0.2, 0) is 9.47 Å². The summed E-state index contributed by atoms with van der Waals surface area (Å²) in [4.78, 5) is 16.0. The SMILES string of the molecule is CN1CCCC1COC(=O)OCC1CCCN1C. The number of nitrogens with zero attached hydrogens (tertiary/aromatic N) is 2. The van der Waals surface area contributed by atoms with Gasteiger partial charge in [0.05, 0.1) is 0 Å². The van der Waals surface area contributed by atoms with Gasteiger partial charge < -0.3 is 19.3 Å². The number of carbonyl (C=O) groups excluding carboxylic acids is 1. The van der Waals surface area contributed by atoms with Crippen molar-refractivity contribution in [3.63, 3.8) is 0 Å². The summed E-state index contributed by atoms with van der Waals surface area (Å²) in [7, 11) is 4.14. The highest BCUT2D eigenvalue weighted by molar-refractivity contribution is 5.59. The third-order valence-electron chi connectivity index (χ3n) is 4.13. The molecule has 5 heteroatoms. The average molecular weight is 256 g/mol. The van der Waals surface area contributed by atoms with E-state index < -0.39 is 6.16 Å². The van der Waals surface area contributed by atoms with Crippen LogP contribution in [0.1, 0.15) is 25.7 Å². The first kappa shape index (κ1) is 13.6. The van der Waals surface area contributed by atoms with Crippen LogP contribution in [0.5, 0.6) is 0 Å². The van der Waals surface area contributed by atoms with Gasteiger partial charge in [-0.15, -0.1) is 0 Å². The van der Waals surface area contributed by atoms with Crippen molar-refractivity contribution in [3.05, 3.63) is 0 Å².